The van der Waals surface area contributed by atoms with Crippen LogP contribution in [0.15, 0.2) is 60.7 Å². The minimum Gasteiger partial charge on any atom is -0.480 e. The van der Waals surface area contributed by atoms with Gasteiger partial charge in [-0.25, -0.2) is 4.90 Å². The first-order valence-corrected chi connectivity index (χ1v) is 13.2. The third-order valence-electron chi connectivity index (χ3n) is 8.31. The molecule has 2 heterocycles. The van der Waals surface area contributed by atoms with Crippen molar-refractivity contribution in [3.05, 3.63) is 71.8 Å². The molecule has 188 valence electrons. The van der Waals surface area contributed by atoms with Gasteiger partial charge in [0, 0.05) is 6.04 Å². The number of anilines is 1. The maximum atomic E-state index is 13.9. The van der Waals surface area contributed by atoms with Crippen molar-refractivity contribution >= 4 is 29.5 Å². The molecule has 3 fully saturated rings. The molecule has 6 nitrogen and oxygen atoms in total. The molecule has 2 amide bonds. The second-order valence-electron chi connectivity index (χ2n) is 10.5. The Balaban J connectivity index is 1.54. The van der Waals surface area contributed by atoms with Gasteiger partial charge in [-0.05, 0) is 42.0 Å². The molecule has 0 bridgehead atoms. The fraction of sp³-hybridized carbons (Fsp3) is 0.433. The number of carbonyl (C=O) groups excluding carboxylic acids is 2. The summed E-state index contributed by atoms with van der Waals surface area (Å²) in [5.41, 5.74) is 1.11. The van der Waals surface area contributed by atoms with Crippen LogP contribution >= 0.6 is 0 Å². The van der Waals surface area contributed by atoms with E-state index < -0.39 is 35.3 Å². The smallest absolute Gasteiger partial charge is 0.324 e. The summed E-state index contributed by atoms with van der Waals surface area (Å²) in [6.45, 7) is 2.05. The molecule has 2 N–H and O–H groups in total. The zero-order valence-corrected chi connectivity index (χ0v) is 20.7. The summed E-state index contributed by atoms with van der Waals surface area (Å²) >= 11 is 0. The molecule has 2 saturated heterocycles. The predicted molar refractivity (Wildman–Crippen MR) is 139 cm³/mol. The van der Waals surface area contributed by atoms with Crippen LogP contribution in [-0.4, -0.2) is 34.5 Å². The zero-order chi connectivity index (χ0) is 25.3. The van der Waals surface area contributed by atoms with Crippen molar-refractivity contribution in [3.8, 4) is 0 Å². The number of carboxylic acid groups (broad SMARTS) is 1. The van der Waals surface area contributed by atoms with E-state index in [9.17, 15) is 19.5 Å². The van der Waals surface area contributed by atoms with Crippen LogP contribution < -0.4 is 10.2 Å². The summed E-state index contributed by atoms with van der Waals surface area (Å²) in [6.07, 6.45) is 10.2. The number of carbonyl (C=O) groups is 3. The lowest BCUT2D eigenvalue weighted by Crippen LogP contribution is -2.57. The van der Waals surface area contributed by atoms with E-state index in [0.29, 0.717) is 12.1 Å². The van der Waals surface area contributed by atoms with Crippen molar-refractivity contribution in [2.45, 2.75) is 63.5 Å². The molecule has 2 aliphatic heterocycles. The number of rotatable bonds is 7. The minimum atomic E-state index is -1.47. The molecule has 2 aromatic rings. The van der Waals surface area contributed by atoms with Gasteiger partial charge in [0.25, 0.3) is 0 Å². The highest BCUT2D eigenvalue weighted by Gasteiger charge is 2.68. The monoisotopic (exact) mass is 486 g/mol. The molecule has 0 aromatic heterocycles. The van der Waals surface area contributed by atoms with Crippen LogP contribution in [0.25, 0.3) is 6.08 Å². The molecular formula is C30H34N2O4. The summed E-state index contributed by atoms with van der Waals surface area (Å²) in [5, 5.41) is 13.9. The Bertz CT molecular complexity index is 1150. The van der Waals surface area contributed by atoms with Gasteiger partial charge in [-0.2, -0.15) is 0 Å². The summed E-state index contributed by atoms with van der Waals surface area (Å²) in [5.74, 6) is -3.25. The van der Waals surface area contributed by atoms with Gasteiger partial charge in [0.1, 0.15) is 5.54 Å². The molecule has 36 heavy (non-hydrogen) atoms. The molecule has 3 aliphatic rings. The van der Waals surface area contributed by atoms with Crippen LogP contribution in [0.1, 0.15) is 56.6 Å². The van der Waals surface area contributed by atoms with E-state index in [4.69, 9.17) is 0 Å². The lowest BCUT2D eigenvalue weighted by atomic mass is 9.72. The van der Waals surface area contributed by atoms with Crippen LogP contribution in [0.3, 0.4) is 0 Å². The van der Waals surface area contributed by atoms with Gasteiger partial charge in [0.2, 0.25) is 11.8 Å². The highest BCUT2D eigenvalue weighted by molar-refractivity contribution is 6.24. The molecular weight excluding hydrogens is 452 g/mol. The topological polar surface area (TPSA) is 86.7 Å². The fourth-order valence-electron chi connectivity index (χ4n) is 6.44. The molecule has 6 heteroatoms. The number of hydrogen-bond acceptors (Lipinski definition) is 4. The molecule has 4 unspecified atom stereocenters. The van der Waals surface area contributed by atoms with E-state index in [1.54, 1.807) is 12.1 Å². The number of aliphatic carboxylic acids is 1. The normalized spacial score (nSPS) is 28.7. The number of benzene rings is 2. The Hall–Kier alpha value is -3.25. The molecule has 5 rings (SSSR count). The number of nitrogens with one attached hydrogen (secondary N) is 1. The first-order valence-electron chi connectivity index (χ1n) is 13.2. The molecule has 4 atom stereocenters. The first-order chi connectivity index (χ1) is 17.4. The van der Waals surface area contributed by atoms with Gasteiger partial charge >= 0.3 is 5.97 Å². The zero-order valence-electron chi connectivity index (χ0n) is 20.7. The van der Waals surface area contributed by atoms with Crippen LogP contribution in [-0.2, 0) is 20.8 Å². The van der Waals surface area contributed by atoms with Crippen LogP contribution in [0.2, 0.25) is 0 Å². The van der Waals surface area contributed by atoms with Crippen molar-refractivity contribution in [2.75, 3.05) is 4.90 Å². The Morgan fingerprint density at radius 2 is 1.72 bits per heavy atom. The Labute approximate surface area is 212 Å². The second-order valence-corrected chi connectivity index (χ2v) is 10.5. The van der Waals surface area contributed by atoms with Crippen molar-refractivity contribution in [3.63, 3.8) is 0 Å². The number of fused-ring (bicyclic) bond motifs is 1. The van der Waals surface area contributed by atoms with E-state index in [1.807, 2.05) is 61.5 Å². The minimum absolute atomic E-state index is 0.223. The largest absolute Gasteiger partial charge is 0.480 e. The van der Waals surface area contributed by atoms with E-state index in [-0.39, 0.29) is 11.8 Å². The predicted octanol–water partition coefficient (Wildman–Crippen LogP) is 4.83. The van der Waals surface area contributed by atoms with Crippen molar-refractivity contribution in [1.82, 2.24) is 5.32 Å². The SMILES string of the molecule is CCc1ccc(N2C(=O)C3C(C=Cc4ccccc4)NC(CC4CCCCC4)(C(=O)O)C3C2=O)cc1. The second kappa shape index (κ2) is 10.0. The fourth-order valence-corrected chi connectivity index (χ4v) is 6.44. The van der Waals surface area contributed by atoms with Crippen molar-refractivity contribution in [2.24, 2.45) is 17.8 Å². The third-order valence-corrected chi connectivity index (χ3v) is 8.31. The summed E-state index contributed by atoms with van der Waals surface area (Å²) in [4.78, 5) is 41.9. The van der Waals surface area contributed by atoms with Crippen LogP contribution in [0.4, 0.5) is 5.69 Å². The van der Waals surface area contributed by atoms with E-state index in [1.165, 1.54) is 4.90 Å². The van der Waals surface area contributed by atoms with Crippen LogP contribution in [0.5, 0.6) is 0 Å². The van der Waals surface area contributed by atoms with Crippen molar-refractivity contribution < 1.29 is 19.5 Å². The summed E-state index contributed by atoms with van der Waals surface area (Å²) in [7, 11) is 0. The van der Waals surface area contributed by atoms with E-state index in [0.717, 1.165) is 49.7 Å². The number of nitrogens with zero attached hydrogens (tertiary/aromatic N) is 1. The molecule has 0 spiro atoms. The van der Waals surface area contributed by atoms with Gasteiger partial charge in [-0.1, -0.05) is 93.6 Å². The van der Waals surface area contributed by atoms with Gasteiger partial charge in [0.05, 0.1) is 17.5 Å². The van der Waals surface area contributed by atoms with Gasteiger partial charge in [0.15, 0.2) is 0 Å². The highest BCUT2D eigenvalue weighted by Crippen LogP contribution is 2.48. The number of carboxylic acids is 1. The van der Waals surface area contributed by atoms with E-state index in [2.05, 4.69) is 5.32 Å². The van der Waals surface area contributed by atoms with Crippen molar-refractivity contribution in [1.29, 1.82) is 0 Å². The Morgan fingerprint density at radius 3 is 2.36 bits per heavy atom. The summed E-state index contributed by atoms with van der Waals surface area (Å²) in [6, 6.07) is 16.6. The maximum absolute atomic E-state index is 13.9. The highest BCUT2D eigenvalue weighted by atomic mass is 16.4. The number of amides is 2. The number of aryl methyl sites for hydroxylation is 1. The summed E-state index contributed by atoms with van der Waals surface area (Å²) < 4.78 is 0. The van der Waals surface area contributed by atoms with Gasteiger partial charge in [-0.15, -0.1) is 0 Å². The maximum Gasteiger partial charge on any atom is 0.324 e. The first kappa shape index (κ1) is 24.4. The lowest BCUT2D eigenvalue weighted by Gasteiger charge is -2.35. The molecule has 1 saturated carbocycles. The quantitative estimate of drug-likeness (QED) is 0.547. The average Bonchev–Trinajstić information content (AvgIpc) is 3.37. The van der Waals surface area contributed by atoms with Crippen LogP contribution in [0, 0.1) is 17.8 Å². The third kappa shape index (κ3) is 4.28. The standard InChI is InChI=1S/C30H34N2O4/c1-2-20-13-16-23(17-14-20)32-27(33)25-24(18-15-21-9-5-3-6-10-21)31-30(29(35)36,26(25)28(32)34)19-22-11-7-4-8-12-22/h3,5-6,9-10,13-18,22,24-26,31H,2,4,7-8,11-12,19H2,1H3,(H,35,36). The molecule has 2 aromatic carbocycles. The van der Waals surface area contributed by atoms with Gasteiger partial charge < -0.3 is 5.11 Å². The number of hydrogen-bond donors (Lipinski definition) is 2. The average molecular weight is 487 g/mol. The van der Waals surface area contributed by atoms with Gasteiger partial charge in [-0.3, -0.25) is 19.7 Å². The lowest BCUT2D eigenvalue weighted by molar-refractivity contribution is -0.150. The Morgan fingerprint density at radius 1 is 1.03 bits per heavy atom. The molecule has 0 radical (unpaired) electrons. The molecule has 1 aliphatic carbocycles. The van der Waals surface area contributed by atoms with E-state index >= 15 is 0 Å². The Kier molecular flexibility index (Phi) is 6.80. The number of imide groups is 1.